The van der Waals surface area contributed by atoms with E-state index in [2.05, 4.69) is 10.3 Å². The number of aromatic nitrogens is 1. The number of carbonyl (C=O) groups excluding carboxylic acids is 6. The van der Waals surface area contributed by atoms with Gasteiger partial charge < -0.3 is 19.7 Å². The number of amides is 5. The van der Waals surface area contributed by atoms with E-state index in [0.717, 1.165) is 9.80 Å². The minimum absolute atomic E-state index is 0.0645. The zero-order chi connectivity index (χ0) is 34.0. The maximum absolute atomic E-state index is 13.8. The van der Waals surface area contributed by atoms with Gasteiger partial charge in [0.15, 0.2) is 5.78 Å². The number of benzene rings is 1. The fraction of sp³-hybridized carbons (Fsp3) is 0.433. The molecule has 3 aliphatic heterocycles. The number of ether oxygens (including phenoxy) is 2. The van der Waals surface area contributed by atoms with Crippen molar-refractivity contribution in [2.45, 2.75) is 38.3 Å². The predicted octanol–water partition coefficient (Wildman–Crippen LogP) is 1.64. The van der Waals surface area contributed by atoms with E-state index in [1.807, 2.05) is 0 Å². The van der Waals surface area contributed by atoms with Crippen LogP contribution in [-0.2, 0) is 46.1 Å². The molecule has 2 fully saturated rings. The van der Waals surface area contributed by atoms with E-state index >= 15 is 0 Å². The number of nitrogens with one attached hydrogen (secondary N) is 1. The monoisotopic (exact) mass is 705 g/mol. The van der Waals surface area contributed by atoms with E-state index in [-0.39, 0.29) is 48.3 Å². The Kier molecular flexibility index (Phi) is 10.4. The van der Waals surface area contributed by atoms with E-state index in [0.29, 0.717) is 22.9 Å². The highest BCUT2D eigenvalue weighted by molar-refractivity contribution is 7.86. The number of fused-ring (bicyclic) bond motifs is 1. The summed E-state index contributed by atoms with van der Waals surface area (Å²) in [5, 5.41) is 3.68. The van der Waals surface area contributed by atoms with Crippen LogP contribution in [0.3, 0.4) is 0 Å². The molecule has 14 nitrogen and oxygen atoms in total. The highest BCUT2D eigenvalue weighted by Gasteiger charge is 2.57. The van der Waals surface area contributed by atoms with Gasteiger partial charge in [0.05, 0.1) is 29.5 Å². The Balaban J connectivity index is 1.31. The molecule has 1 aromatic heterocycles. The summed E-state index contributed by atoms with van der Waals surface area (Å²) in [4.78, 5) is 86.2. The Labute approximate surface area is 281 Å². The number of likely N-dealkylation sites (N-methyl/N-ethyl adjacent to an activating group) is 1. The van der Waals surface area contributed by atoms with Gasteiger partial charge in [-0.05, 0) is 37.1 Å². The van der Waals surface area contributed by atoms with Crippen LogP contribution in [0.15, 0.2) is 40.9 Å². The third kappa shape index (κ3) is 6.80. The van der Waals surface area contributed by atoms with Gasteiger partial charge in [-0.2, -0.15) is 0 Å². The number of nitrogens with zero attached hydrogens (tertiary/aromatic N) is 4. The molecule has 5 amide bonds. The first kappa shape index (κ1) is 34.2. The number of halogens is 1. The minimum atomic E-state index is -1.69. The van der Waals surface area contributed by atoms with Gasteiger partial charge in [0, 0.05) is 48.1 Å². The molecule has 47 heavy (non-hydrogen) atoms. The fourth-order valence-electron chi connectivity index (χ4n) is 5.57. The molecule has 250 valence electrons. The van der Waals surface area contributed by atoms with Crippen molar-refractivity contribution in [2.75, 3.05) is 38.4 Å². The summed E-state index contributed by atoms with van der Waals surface area (Å²) in [5.74, 6) is -4.61. The number of alkyl halides is 1. The number of β-lactam (4-membered cyclic amide) rings is 1. The molecule has 0 spiro atoms. The molecule has 0 saturated carbocycles. The number of imide groups is 1. The molecule has 0 bridgehead atoms. The first-order valence-corrected chi connectivity index (χ1v) is 17.4. The number of ketones is 1. The molecule has 1 N–H and O–H groups in total. The molecule has 0 radical (unpaired) electrons. The lowest BCUT2D eigenvalue weighted by molar-refractivity contribution is -0.156. The first-order valence-electron chi connectivity index (χ1n) is 14.6. The number of aryl methyl sites for hydroxylation is 1. The number of urea groups is 1. The number of hydrogen-bond donors (Lipinski definition) is 1. The number of hydrogen-bond acceptors (Lipinski definition) is 11. The smallest absolute Gasteiger partial charge is 0.355 e. The van der Waals surface area contributed by atoms with Crippen molar-refractivity contribution in [3.05, 3.63) is 57.2 Å². The fourth-order valence-corrected chi connectivity index (χ4v) is 8.32. The lowest BCUT2D eigenvalue weighted by atomic mass is 9.88. The van der Waals surface area contributed by atoms with E-state index in [9.17, 15) is 33.0 Å². The molecule has 17 heteroatoms. The average molecular weight is 706 g/mol. The molecule has 2 aromatic rings. The number of rotatable bonds is 11. The molecule has 5 rings (SSSR count). The quantitative estimate of drug-likeness (QED) is 0.157. The molecule has 0 aliphatic carbocycles. The van der Waals surface area contributed by atoms with Crippen LogP contribution >= 0.6 is 22.9 Å². The predicted molar refractivity (Wildman–Crippen MR) is 169 cm³/mol. The van der Waals surface area contributed by atoms with E-state index in [1.165, 1.54) is 23.3 Å². The maximum Gasteiger partial charge on any atom is 0.355 e. The van der Waals surface area contributed by atoms with E-state index < -0.39 is 70.1 Å². The van der Waals surface area contributed by atoms with E-state index in [4.69, 9.17) is 21.1 Å². The summed E-state index contributed by atoms with van der Waals surface area (Å²) in [6.07, 6.45) is -0.436. The molecule has 3 aliphatic rings. The van der Waals surface area contributed by atoms with Gasteiger partial charge in [-0.15, -0.1) is 22.9 Å². The standard InChI is InChI=1S/C30H32ClN5O9S2/c1-4-34-9-10-35(27(40)26(34)39)30(42)33-23(21-14-46-16(2)32-21)22(37)11-20-25(38)36-24(18(12-31)15-47(43)28(20)36)29(41)45-13-17-5-7-19(44-3)8-6-17/h5-8,14,20,23,28H,4,9-13,15H2,1-3H3,(H,33,42)/t20-,23+,28-,47?/m1/s1. The van der Waals surface area contributed by atoms with Crippen molar-refractivity contribution in [3.8, 4) is 5.75 Å². The summed E-state index contributed by atoms with van der Waals surface area (Å²) in [6, 6.07) is 4.54. The Bertz CT molecular complexity index is 1680. The summed E-state index contributed by atoms with van der Waals surface area (Å²) in [5.41, 5.74) is 1.05. The molecule has 1 unspecified atom stereocenters. The van der Waals surface area contributed by atoms with Crippen LogP contribution in [0.1, 0.15) is 35.7 Å². The number of esters is 1. The molecule has 2 saturated heterocycles. The van der Waals surface area contributed by atoms with E-state index in [1.54, 1.807) is 43.5 Å². The first-order chi connectivity index (χ1) is 22.5. The largest absolute Gasteiger partial charge is 0.497 e. The summed E-state index contributed by atoms with van der Waals surface area (Å²) < 4.78 is 23.9. The zero-order valence-corrected chi connectivity index (χ0v) is 28.1. The van der Waals surface area contributed by atoms with Crippen LogP contribution in [0.2, 0.25) is 0 Å². The van der Waals surface area contributed by atoms with Gasteiger partial charge in [-0.1, -0.05) is 12.1 Å². The Hall–Kier alpha value is -4.15. The van der Waals surface area contributed by atoms with Crippen LogP contribution in [0, 0.1) is 12.8 Å². The number of Topliss-reactive ketones (excluding diaryl/α,β-unsaturated/α-hetero) is 1. The van der Waals surface area contributed by atoms with Crippen molar-refractivity contribution in [2.24, 2.45) is 5.92 Å². The van der Waals surface area contributed by atoms with Crippen LogP contribution < -0.4 is 10.1 Å². The second kappa shape index (κ2) is 14.3. The number of piperazine rings is 1. The van der Waals surface area contributed by atoms with Gasteiger partial charge in [-0.3, -0.25) is 33.2 Å². The van der Waals surface area contributed by atoms with Crippen LogP contribution in [-0.4, -0.2) is 103 Å². The number of methoxy groups -OCH3 is 1. The van der Waals surface area contributed by atoms with Crippen molar-refractivity contribution >= 4 is 69.2 Å². The van der Waals surface area contributed by atoms with Gasteiger partial charge in [0.1, 0.15) is 29.5 Å². The highest BCUT2D eigenvalue weighted by Crippen LogP contribution is 2.42. The Morgan fingerprint density at radius 1 is 1.15 bits per heavy atom. The average Bonchev–Trinajstić information content (AvgIpc) is 3.51. The highest BCUT2D eigenvalue weighted by atomic mass is 35.5. The lowest BCUT2D eigenvalue weighted by Crippen LogP contribution is -2.66. The van der Waals surface area contributed by atoms with Crippen LogP contribution in [0.4, 0.5) is 4.79 Å². The van der Waals surface area contributed by atoms with Crippen molar-refractivity contribution in [1.82, 2.24) is 25.0 Å². The number of carbonyl (C=O) groups is 6. The normalized spacial score (nSPS) is 21.7. The van der Waals surface area contributed by atoms with Gasteiger partial charge in [0.2, 0.25) is 5.91 Å². The molecule has 4 heterocycles. The zero-order valence-electron chi connectivity index (χ0n) is 25.7. The maximum atomic E-state index is 13.8. The molecule has 1 aromatic carbocycles. The minimum Gasteiger partial charge on any atom is -0.497 e. The van der Waals surface area contributed by atoms with Crippen molar-refractivity contribution < 1.29 is 42.4 Å². The summed E-state index contributed by atoms with van der Waals surface area (Å²) in [7, 11) is -0.166. The molecule has 4 atom stereocenters. The van der Waals surface area contributed by atoms with Crippen LogP contribution in [0.5, 0.6) is 5.75 Å². The summed E-state index contributed by atoms with van der Waals surface area (Å²) in [6.45, 7) is 3.70. The third-order valence-corrected chi connectivity index (χ3v) is 10.9. The SMILES string of the molecule is CCN1CCN(C(=O)N[C@H](C(=O)C[C@@H]2C(=O)N3C(C(=O)OCc4ccc(OC)cc4)=C(CCl)CS(=O)[C@H]23)c2csc(C)n2)C(=O)C1=O. The number of thiazole rings is 1. The Morgan fingerprint density at radius 2 is 1.87 bits per heavy atom. The van der Waals surface area contributed by atoms with Crippen LogP contribution in [0.25, 0.3) is 0 Å². The Morgan fingerprint density at radius 3 is 2.49 bits per heavy atom. The second-order valence-electron chi connectivity index (χ2n) is 10.9. The van der Waals surface area contributed by atoms with Gasteiger partial charge in [0.25, 0.3) is 0 Å². The topological polar surface area (TPSA) is 173 Å². The second-order valence-corrected chi connectivity index (χ2v) is 13.8. The lowest BCUT2D eigenvalue weighted by Gasteiger charge is -2.49. The summed E-state index contributed by atoms with van der Waals surface area (Å²) >= 11 is 7.33. The van der Waals surface area contributed by atoms with Gasteiger partial charge in [-0.25, -0.2) is 14.6 Å². The third-order valence-electron chi connectivity index (χ3n) is 8.08. The van der Waals surface area contributed by atoms with Crippen molar-refractivity contribution in [1.29, 1.82) is 0 Å². The molecular weight excluding hydrogens is 674 g/mol. The van der Waals surface area contributed by atoms with Gasteiger partial charge >= 0.3 is 23.8 Å². The molecular formula is C30H32ClN5O9S2. The van der Waals surface area contributed by atoms with Crippen molar-refractivity contribution in [3.63, 3.8) is 0 Å².